The number of nitrogens with one attached hydrogen (secondary N) is 1. The standard InChI is InChI=1S/C25H42N4O4S/c1-18(2)15-28-11-12-33-23(16-28)14-26-24(30)17-27-7-9-29(10-8-27)34(31,32)25-21(5)19(3)13-20(4)22(25)6/h13,18,23H,7-12,14-17H2,1-6H3,(H,26,30)/t23-/m1/s1. The van der Waals surface area contributed by atoms with E-state index in [4.69, 9.17) is 4.74 Å². The third-order valence-electron chi connectivity index (χ3n) is 6.97. The summed E-state index contributed by atoms with van der Waals surface area (Å²) < 4.78 is 34.3. The van der Waals surface area contributed by atoms with E-state index in [2.05, 4.69) is 24.1 Å². The van der Waals surface area contributed by atoms with Gasteiger partial charge in [-0.2, -0.15) is 4.31 Å². The van der Waals surface area contributed by atoms with E-state index in [1.54, 1.807) is 4.31 Å². The molecule has 0 aromatic heterocycles. The number of carbonyl (C=O) groups is 1. The first-order chi connectivity index (χ1) is 16.0. The Morgan fingerprint density at radius 3 is 2.24 bits per heavy atom. The van der Waals surface area contributed by atoms with Gasteiger partial charge in [0, 0.05) is 52.4 Å². The Bertz CT molecular complexity index is 945. The second kappa shape index (κ2) is 11.5. The zero-order valence-electron chi connectivity index (χ0n) is 21.7. The molecular formula is C25H42N4O4S. The van der Waals surface area contributed by atoms with Crippen LogP contribution in [-0.2, 0) is 19.6 Å². The summed E-state index contributed by atoms with van der Waals surface area (Å²) in [6, 6.07) is 2.04. The summed E-state index contributed by atoms with van der Waals surface area (Å²) in [6.45, 7) is 18.3. The van der Waals surface area contributed by atoms with Crippen LogP contribution in [0, 0.1) is 33.6 Å². The predicted molar refractivity (Wildman–Crippen MR) is 135 cm³/mol. The zero-order chi connectivity index (χ0) is 25.0. The number of piperazine rings is 1. The molecule has 2 aliphatic heterocycles. The molecule has 1 N–H and O–H groups in total. The highest BCUT2D eigenvalue weighted by Crippen LogP contribution is 2.29. The van der Waals surface area contributed by atoms with E-state index < -0.39 is 10.0 Å². The maximum atomic E-state index is 13.4. The molecule has 0 saturated carbocycles. The summed E-state index contributed by atoms with van der Waals surface area (Å²) in [4.78, 5) is 17.4. The molecule has 9 heteroatoms. The third-order valence-corrected chi connectivity index (χ3v) is 9.14. The first-order valence-corrected chi connectivity index (χ1v) is 13.8. The van der Waals surface area contributed by atoms with Crippen molar-refractivity contribution >= 4 is 15.9 Å². The van der Waals surface area contributed by atoms with Gasteiger partial charge in [0.1, 0.15) is 0 Å². The Labute approximate surface area is 205 Å². The molecule has 1 amide bonds. The number of aryl methyl sites for hydroxylation is 2. The van der Waals surface area contributed by atoms with Gasteiger partial charge in [0.15, 0.2) is 0 Å². The van der Waals surface area contributed by atoms with Crippen LogP contribution in [0.3, 0.4) is 0 Å². The Morgan fingerprint density at radius 2 is 1.65 bits per heavy atom. The first kappa shape index (κ1) is 27.1. The van der Waals surface area contributed by atoms with Crippen LogP contribution in [0.25, 0.3) is 0 Å². The SMILES string of the molecule is Cc1cc(C)c(C)c(S(=O)(=O)N2CCN(CC(=O)NC[C@@H]3CN(CC(C)C)CCO3)CC2)c1C. The summed E-state index contributed by atoms with van der Waals surface area (Å²) in [5.74, 6) is 0.570. The van der Waals surface area contributed by atoms with Crippen LogP contribution in [0.1, 0.15) is 36.1 Å². The first-order valence-electron chi connectivity index (χ1n) is 12.4. The molecular weight excluding hydrogens is 452 g/mol. The average molecular weight is 495 g/mol. The highest BCUT2D eigenvalue weighted by atomic mass is 32.2. The van der Waals surface area contributed by atoms with Crippen molar-refractivity contribution in [1.82, 2.24) is 19.4 Å². The topological polar surface area (TPSA) is 82.2 Å². The maximum absolute atomic E-state index is 13.4. The van der Waals surface area contributed by atoms with Gasteiger partial charge in [-0.25, -0.2) is 8.42 Å². The Kier molecular flexibility index (Phi) is 9.14. The van der Waals surface area contributed by atoms with Gasteiger partial charge in [0.05, 0.1) is 24.2 Å². The van der Waals surface area contributed by atoms with Gasteiger partial charge in [0.2, 0.25) is 15.9 Å². The Hall–Kier alpha value is -1.52. The number of amides is 1. The molecule has 34 heavy (non-hydrogen) atoms. The lowest BCUT2D eigenvalue weighted by atomic mass is 10.0. The second-order valence-corrected chi connectivity index (χ2v) is 12.1. The van der Waals surface area contributed by atoms with Crippen molar-refractivity contribution < 1.29 is 17.9 Å². The number of morpholine rings is 1. The summed E-state index contributed by atoms with van der Waals surface area (Å²) in [5, 5.41) is 3.00. The molecule has 2 fully saturated rings. The van der Waals surface area contributed by atoms with Gasteiger partial charge in [-0.3, -0.25) is 14.6 Å². The molecule has 3 rings (SSSR count). The molecule has 2 saturated heterocycles. The smallest absolute Gasteiger partial charge is 0.243 e. The lowest BCUT2D eigenvalue weighted by molar-refractivity contribution is -0.123. The van der Waals surface area contributed by atoms with Gasteiger partial charge < -0.3 is 10.1 Å². The summed E-state index contributed by atoms with van der Waals surface area (Å²) in [7, 11) is -3.57. The predicted octanol–water partition coefficient (Wildman–Crippen LogP) is 1.70. The van der Waals surface area contributed by atoms with E-state index in [1.807, 2.05) is 38.7 Å². The number of sulfonamides is 1. The van der Waals surface area contributed by atoms with Crippen LogP contribution in [0.5, 0.6) is 0 Å². The normalized spacial score (nSPS) is 21.2. The van der Waals surface area contributed by atoms with Gasteiger partial charge in [-0.15, -0.1) is 0 Å². The minimum absolute atomic E-state index is 0.0164. The van der Waals surface area contributed by atoms with Crippen LogP contribution >= 0.6 is 0 Å². The molecule has 0 unspecified atom stereocenters. The van der Waals surface area contributed by atoms with Crippen LogP contribution in [-0.4, -0.2) is 100 Å². The van der Waals surface area contributed by atoms with E-state index in [-0.39, 0.29) is 18.6 Å². The number of carbonyl (C=O) groups excluding carboxylic acids is 1. The monoisotopic (exact) mass is 494 g/mol. The number of hydrogen-bond donors (Lipinski definition) is 1. The van der Waals surface area contributed by atoms with E-state index >= 15 is 0 Å². The Morgan fingerprint density at radius 1 is 1.03 bits per heavy atom. The van der Waals surface area contributed by atoms with Crippen molar-refractivity contribution in [2.24, 2.45) is 5.92 Å². The number of nitrogens with zero attached hydrogens (tertiary/aromatic N) is 3. The molecule has 2 heterocycles. The molecule has 0 aliphatic carbocycles. The van der Waals surface area contributed by atoms with Gasteiger partial charge in [-0.1, -0.05) is 19.9 Å². The van der Waals surface area contributed by atoms with E-state index in [0.717, 1.165) is 41.9 Å². The van der Waals surface area contributed by atoms with Gasteiger partial charge >= 0.3 is 0 Å². The lowest BCUT2D eigenvalue weighted by Gasteiger charge is -2.35. The summed E-state index contributed by atoms with van der Waals surface area (Å²) >= 11 is 0. The molecule has 1 aromatic carbocycles. The molecule has 0 bridgehead atoms. The minimum Gasteiger partial charge on any atom is -0.374 e. The highest BCUT2D eigenvalue weighted by molar-refractivity contribution is 7.89. The lowest BCUT2D eigenvalue weighted by Crippen LogP contribution is -2.52. The number of ether oxygens (including phenoxy) is 1. The summed E-state index contributed by atoms with van der Waals surface area (Å²) in [5.41, 5.74) is 3.63. The number of hydrogen-bond acceptors (Lipinski definition) is 6. The summed E-state index contributed by atoms with van der Waals surface area (Å²) in [6.07, 6.45) is 0.0164. The third kappa shape index (κ3) is 6.57. The van der Waals surface area contributed by atoms with E-state index in [1.165, 1.54) is 0 Å². The van der Waals surface area contributed by atoms with Crippen molar-refractivity contribution in [3.63, 3.8) is 0 Å². The van der Waals surface area contributed by atoms with E-state index in [9.17, 15) is 13.2 Å². The van der Waals surface area contributed by atoms with Crippen LogP contribution in [0.15, 0.2) is 11.0 Å². The van der Waals surface area contributed by atoms with Crippen molar-refractivity contribution in [1.29, 1.82) is 0 Å². The van der Waals surface area contributed by atoms with Crippen LogP contribution in [0.2, 0.25) is 0 Å². The fraction of sp³-hybridized carbons (Fsp3) is 0.720. The zero-order valence-corrected chi connectivity index (χ0v) is 22.5. The van der Waals surface area contributed by atoms with Crippen LogP contribution in [0.4, 0.5) is 0 Å². The number of rotatable bonds is 8. The van der Waals surface area contributed by atoms with Crippen molar-refractivity contribution in [3.05, 3.63) is 28.3 Å². The molecule has 1 atom stereocenters. The average Bonchev–Trinajstić information content (AvgIpc) is 2.76. The fourth-order valence-electron chi connectivity index (χ4n) is 4.90. The molecule has 0 radical (unpaired) electrons. The van der Waals surface area contributed by atoms with Crippen molar-refractivity contribution in [2.45, 2.75) is 52.5 Å². The maximum Gasteiger partial charge on any atom is 0.243 e. The molecule has 8 nitrogen and oxygen atoms in total. The molecule has 192 valence electrons. The second-order valence-electron chi connectivity index (χ2n) is 10.2. The fourth-order valence-corrected chi connectivity index (χ4v) is 6.90. The minimum atomic E-state index is -3.57. The van der Waals surface area contributed by atoms with Crippen molar-refractivity contribution in [3.8, 4) is 0 Å². The highest BCUT2D eigenvalue weighted by Gasteiger charge is 2.32. The van der Waals surface area contributed by atoms with Crippen molar-refractivity contribution in [2.75, 3.05) is 65.5 Å². The molecule has 0 spiro atoms. The molecule has 1 aromatic rings. The van der Waals surface area contributed by atoms with Gasteiger partial charge in [-0.05, 0) is 55.9 Å². The van der Waals surface area contributed by atoms with Gasteiger partial charge in [0.25, 0.3) is 0 Å². The Balaban J connectivity index is 1.49. The van der Waals surface area contributed by atoms with E-state index in [0.29, 0.717) is 50.1 Å². The van der Waals surface area contributed by atoms with Crippen LogP contribution < -0.4 is 5.32 Å². The molecule has 2 aliphatic rings. The largest absolute Gasteiger partial charge is 0.374 e. The quantitative estimate of drug-likeness (QED) is 0.593. The number of benzene rings is 1.